The number of rotatable bonds is 7. The fourth-order valence-corrected chi connectivity index (χ4v) is 3.45. The number of anilines is 1. The molecular formula is C22H28F2IN5O2. The van der Waals surface area contributed by atoms with Gasteiger partial charge < -0.3 is 25.6 Å². The topological polar surface area (TPSA) is 83.2 Å². The second-order valence-corrected chi connectivity index (χ2v) is 7.19. The molecule has 0 spiro atoms. The van der Waals surface area contributed by atoms with Crippen LogP contribution >= 0.6 is 24.0 Å². The van der Waals surface area contributed by atoms with Crippen LogP contribution in [0, 0.1) is 11.6 Å². The Kier molecular flexibility index (Phi) is 9.95. The molecule has 0 saturated carbocycles. The second kappa shape index (κ2) is 12.4. The second-order valence-electron chi connectivity index (χ2n) is 7.19. The van der Waals surface area contributed by atoms with Crippen LogP contribution in [0.15, 0.2) is 47.5 Å². The summed E-state index contributed by atoms with van der Waals surface area (Å²) >= 11 is 0. The minimum absolute atomic E-state index is 0. The van der Waals surface area contributed by atoms with E-state index in [0.29, 0.717) is 44.2 Å². The van der Waals surface area contributed by atoms with E-state index in [1.54, 1.807) is 19.2 Å². The maximum absolute atomic E-state index is 14.0. The maximum Gasteiger partial charge on any atom is 0.255 e. The van der Waals surface area contributed by atoms with Crippen LogP contribution in [0.1, 0.15) is 5.56 Å². The van der Waals surface area contributed by atoms with Crippen molar-refractivity contribution in [2.24, 2.45) is 10.7 Å². The molecule has 174 valence electrons. The molecule has 1 fully saturated rings. The Balaban J connectivity index is 0.00000363. The quantitative estimate of drug-likeness (QED) is 0.310. The fourth-order valence-electron chi connectivity index (χ4n) is 3.45. The van der Waals surface area contributed by atoms with Crippen molar-refractivity contribution in [2.75, 3.05) is 51.3 Å². The summed E-state index contributed by atoms with van der Waals surface area (Å²) < 4.78 is 32.7. The average Bonchev–Trinajstić information content (AvgIpc) is 2.78. The Hall–Kier alpha value is -2.63. The highest BCUT2D eigenvalue weighted by atomic mass is 127. The summed E-state index contributed by atoms with van der Waals surface area (Å²) in [5.41, 5.74) is 6.48. The number of carbonyl (C=O) groups excluding carboxylic acids is 1. The third-order valence-electron chi connectivity index (χ3n) is 5.04. The van der Waals surface area contributed by atoms with Crippen LogP contribution in [-0.4, -0.2) is 63.1 Å². The van der Waals surface area contributed by atoms with Gasteiger partial charge in [0, 0.05) is 45.8 Å². The normalized spacial score (nSPS) is 14.0. The van der Waals surface area contributed by atoms with E-state index in [2.05, 4.69) is 15.2 Å². The number of piperazine rings is 1. The van der Waals surface area contributed by atoms with Crippen molar-refractivity contribution in [1.29, 1.82) is 0 Å². The molecule has 2 aromatic rings. The molecule has 1 heterocycles. The zero-order chi connectivity index (χ0) is 22.2. The zero-order valence-corrected chi connectivity index (χ0v) is 20.2. The highest BCUT2D eigenvalue weighted by molar-refractivity contribution is 14.0. The number of nitrogens with two attached hydrogens (primary N) is 1. The van der Waals surface area contributed by atoms with E-state index in [0.717, 1.165) is 30.1 Å². The third-order valence-corrected chi connectivity index (χ3v) is 5.04. The van der Waals surface area contributed by atoms with Crippen LogP contribution in [0.4, 0.5) is 14.5 Å². The van der Waals surface area contributed by atoms with E-state index in [-0.39, 0.29) is 30.6 Å². The molecule has 32 heavy (non-hydrogen) atoms. The Morgan fingerprint density at radius 2 is 1.81 bits per heavy atom. The Morgan fingerprint density at radius 1 is 1.12 bits per heavy atom. The zero-order valence-electron chi connectivity index (χ0n) is 17.9. The number of nitrogens with zero attached hydrogens (tertiary/aromatic N) is 3. The molecule has 0 unspecified atom stereocenters. The van der Waals surface area contributed by atoms with Crippen molar-refractivity contribution in [1.82, 2.24) is 10.2 Å². The smallest absolute Gasteiger partial charge is 0.255 e. The van der Waals surface area contributed by atoms with E-state index in [1.165, 1.54) is 6.07 Å². The summed E-state index contributed by atoms with van der Waals surface area (Å²) in [5.74, 6) is 0.00781. The summed E-state index contributed by atoms with van der Waals surface area (Å²) in [7, 11) is 1.73. The first-order chi connectivity index (χ1) is 15.0. The molecule has 1 amide bonds. The summed E-state index contributed by atoms with van der Waals surface area (Å²) in [6, 6.07) is 11.0. The predicted octanol–water partition coefficient (Wildman–Crippen LogP) is 2.39. The van der Waals surface area contributed by atoms with Crippen molar-refractivity contribution in [3.05, 3.63) is 59.7 Å². The van der Waals surface area contributed by atoms with Crippen LogP contribution in [0.3, 0.4) is 0 Å². The van der Waals surface area contributed by atoms with Crippen LogP contribution in [-0.2, 0) is 11.2 Å². The summed E-state index contributed by atoms with van der Waals surface area (Å²) in [6.45, 7) is 3.01. The molecule has 10 heteroatoms. The number of benzene rings is 2. The van der Waals surface area contributed by atoms with E-state index >= 15 is 0 Å². The van der Waals surface area contributed by atoms with Gasteiger partial charge in [-0.3, -0.25) is 9.79 Å². The monoisotopic (exact) mass is 559 g/mol. The number of nitrogens with one attached hydrogen (secondary N) is 1. The number of carbonyl (C=O) groups is 1. The molecule has 0 aromatic heterocycles. The highest BCUT2D eigenvalue weighted by Gasteiger charge is 2.21. The minimum Gasteiger partial charge on any atom is -0.484 e. The number of hydrogen-bond donors (Lipinski definition) is 2. The van der Waals surface area contributed by atoms with Crippen molar-refractivity contribution in [2.45, 2.75) is 6.42 Å². The lowest BCUT2D eigenvalue weighted by atomic mass is 10.1. The van der Waals surface area contributed by atoms with Crippen LogP contribution in [0.5, 0.6) is 5.75 Å². The van der Waals surface area contributed by atoms with Crippen molar-refractivity contribution in [3.63, 3.8) is 0 Å². The number of ether oxygens (including phenoxy) is 1. The predicted molar refractivity (Wildman–Crippen MR) is 132 cm³/mol. The molecule has 2 aromatic carbocycles. The van der Waals surface area contributed by atoms with Gasteiger partial charge in [0.1, 0.15) is 17.4 Å². The van der Waals surface area contributed by atoms with Gasteiger partial charge >= 0.3 is 0 Å². The van der Waals surface area contributed by atoms with Gasteiger partial charge in [0.15, 0.2) is 12.6 Å². The van der Waals surface area contributed by atoms with Gasteiger partial charge in [-0.2, -0.15) is 0 Å². The van der Waals surface area contributed by atoms with E-state index in [1.807, 2.05) is 17.0 Å². The molecule has 3 N–H and O–H groups in total. The van der Waals surface area contributed by atoms with Gasteiger partial charge in [0.25, 0.3) is 5.91 Å². The van der Waals surface area contributed by atoms with Crippen LogP contribution in [0.25, 0.3) is 0 Å². The molecule has 3 rings (SSSR count). The summed E-state index contributed by atoms with van der Waals surface area (Å²) in [6.07, 6.45) is 0.781. The van der Waals surface area contributed by atoms with Crippen molar-refractivity contribution >= 4 is 41.5 Å². The van der Waals surface area contributed by atoms with Gasteiger partial charge in [0.05, 0.1) is 5.69 Å². The molecule has 0 radical (unpaired) electrons. The van der Waals surface area contributed by atoms with E-state index < -0.39 is 17.5 Å². The number of amides is 1. The molecule has 0 atom stereocenters. The van der Waals surface area contributed by atoms with Crippen molar-refractivity contribution in [3.8, 4) is 5.75 Å². The lowest BCUT2D eigenvalue weighted by Gasteiger charge is -2.37. The van der Waals surface area contributed by atoms with Gasteiger partial charge in [0.2, 0.25) is 0 Å². The fraction of sp³-hybridized carbons (Fsp3) is 0.364. The highest BCUT2D eigenvalue weighted by Crippen LogP contribution is 2.22. The van der Waals surface area contributed by atoms with Gasteiger partial charge in [-0.15, -0.1) is 24.0 Å². The number of aliphatic imine (C=N–C) groups is 1. The minimum atomic E-state index is -0.512. The third kappa shape index (κ3) is 7.21. The lowest BCUT2D eigenvalue weighted by molar-refractivity contribution is -0.119. The standard InChI is InChI=1S/C22H27F2N5O2.HI/c1-26-22(27-9-8-16-2-5-18(6-3-16)31-15-21(25)30)29-12-10-28(11-13-29)20-14-17(23)4-7-19(20)24;/h2-7,14H,8-13,15H2,1H3,(H2,25,30)(H,26,27);1H. The Labute approximate surface area is 203 Å². The first kappa shape index (κ1) is 25.6. The average molecular weight is 559 g/mol. The lowest BCUT2D eigenvalue weighted by Crippen LogP contribution is -2.53. The molecule has 1 saturated heterocycles. The van der Waals surface area contributed by atoms with Gasteiger partial charge in [-0.1, -0.05) is 12.1 Å². The first-order valence-electron chi connectivity index (χ1n) is 10.1. The summed E-state index contributed by atoms with van der Waals surface area (Å²) in [5, 5.41) is 3.35. The number of halogens is 3. The number of hydrogen-bond acceptors (Lipinski definition) is 4. The molecule has 0 bridgehead atoms. The Bertz CT molecular complexity index is 919. The number of guanidine groups is 1. The molecular weight excluding hydrogens is 531 g/mol. The van der Waals surface area contributed by atoms with E-state index in [9.17, 15) is 13.6 Å². The molecule has 1 aliphatic rings. The largest absolute Gasteiger partial charge is 0.484 e. The van der Waals surface area contributed by atoms with Gasteiger partial charge in [-0.05, 0) is 36.2 Å². The van der Waals surface area contributed by atoms with Gasteiger partial charge in [-0.25, -0.2) is 8.78 Å². The first-order valence-corrected chi connectivity index (χ1v) is 10.1. The van der Waals surface area contributed by atoms with Crippen LogP contribution < -0.4 is 20.7 Å². The molecule has 0 aliphatic carbocycles. The van der Waals surface area contributed by atoms with Crippen molar-refractivity contribution < 1.29 is 18.3 Å². The Morgan fingerprint density at radius 3 is 2.44 bits per heavy atom. The SMILES string of the molecule is CN=C(NCCc1ccc(OCC(N)=O)cc1)N1CCN(c2cc(F)ccc2F)CC1.I. The maximum atomic E-state index is 14.0. The van der Waals surface area contributed by atoms with Crippen LogP contribution in [0.2, 0.25) is 0 Å². The summed E-state index contributed by atoms with van der Waals surface area (Å²) in [4.78, 5) is 19.1. The number of primary amides is 1. The molecule has 7 nitrogen and oxygen atoms in total. The molecule has 1 aliphatic heterocycles. The van der Waals surface area contributed by atoms with E-state index in [4.69, 9.17) is 10.5 Å².